The zero-order valence-electron chi connectivity index (χ0n) is 13.5. The molecule has 10 heteroatoms. The molecule has 3 aromatic rings. The Hall–Kier alpha value is -3.56. The number of halogens is 4. The van der Waals surface area contributed by atoms with Crippen LogP contribution in [0.3, 0.4) is 0 Å². The number of benzene rings is 2. The molecule has 0 bridgehead atoms. The lowest BCUT2D eigenvalue weighted by molar-refractivity contribution is -0.140. The Morgan fingerprint density at radius 2 is 1.89 bits per heavy atom. The van der Waals surface area contributed by atoms with Crippen molar-refractivity contribution in [2.75, 3.05) is 0 Å². The highest BCUT2D eigenvalue weighted by atomic mass is 19.4. The number of carbonyl (C=O) groups excluding carboxylic acids is 1. The molecule has 0 saturated heterocycles. The van der Waals surface area contributed by atoms with Crippen LogP contribution in [-0.4, -0.2) is 16.3 Å². The first kappa shape index (κ1) is 18.2. The lowest BCUT2D eigenvalue weighted by Gasteiger charge is -2.11. The zero-order valence-corrected chi connectivity index (χ0v) is 13.5. The van der Waals surface area contributed by atoms with E-state index in [1.807, 2.05) is 0 Å². The predicted octanol–water partition coefficient (Wildman–Crippen LogP) is 4.14. The van der Waals surface area contributed by atoms with Gasteiger partial charge in [0.15, 0.2) is 5.84 Å². The van der Waals surface area contributed by atoms with Crippen LogP contribution in [0.2, 0.25) is 0 Å². The smallest absolute Gasteiger partial charge is 0.305 e. The van der Waals surface area contributed by atoms with Crippen molar-refractivity contribution >= 4 is 22.6 Å². The molecule has 0 amide bonds. The van der Waals surface area contributed by atoms with Gasteiger partial charge in [-0.15, -0.1) is 5.11 Å². The lowest BCUT2D eigenvalue weighted by atomic mass is 10.1. The Kier molecular flexibility index (Phi) is 4.48. The minimum atomic E-state index is -4.91. The molecular weight excluding hydrogens is 366 g/mol. The molecule has 6 nitrogen and oxygen atoms in total. The van der Waals surface area contributed by atoms with Gasteiger partial charge in [0.2, 0.25) is 0 Å². The Labute approximate surface area is 149 Å². The summed E-state index contributed by atoms with van der Waals surface area (Å²) in [5, 5.41) is 14.6. The maximum Gasteiger partial charge on any atom is 0.419 e. The van der Waals surface area contributed by atoms with E-state index in [9.17, 15) is 22.4 Å². The van der Waals surface area contributed by atoms with Crippen LogP contribution in [0.1, 0.15) is 21.5 Å². The van der Waals surface area contributed by atoms with E-state index in [0.717, 1.165) is 16.7 Å². The first-order valence-corrected chi connectivity index (χ1v) is 7.45. The summed E-state index contributed by atoms with van der Waals surface area (Å²) in [7, 11) is 0. The fourth-order valence-corrected chi connectivity index (χ4v) is 2.63. The van der Waals surface area contributed by atoms with Crippen LogP contribution >= 0.6 is 0 Å². The highest BCUT2D eigenvalue weighted by Crippen LogP contribution is 2.33. The standard InChI is InChI=1S/C17H11F4N5O/c18-14-11(2-1-3-12(14)17(19,20)21)16(27)26-7-6-9-8-10(4-5-13(9)26)15(22)24-25-23/h1-8H,(H3,22,23,24). The van der Waals surface area contributed by atoms with E-state index in [1.54, 1.807) is 0 Å². The number of hydrogen-bond acceptors (Lipinski definition) is 3. The van der Waals surface area contributed by atoms with Crippen LogP contribution in [0.4, 0.5) is 17.6 Å². The number of alkyl halides is 3. The van der Waals surface area contributed by atoms with Crippen LogP contribution in [0.15, 0.2) is 59.0 Å². The number of aromatic nitrogens is 1. The molecule has 138 valence electrons. The zero-order chi connectivity index (χ0) is 19.8. The number of rotatable bonds is 2. The number of fused-ring (bicyclic) bond motifs is 1. The number of nitrogens with one attached hydrogen (secondary N) is 1. The van der Waals surface area contributed by atoms with E-state index in [4.69, 9.17) is 11.3 Å². The number of nitrogens with two attached hydrogens (primary N) is 1. The highest BCUT2D eigenvalue weighted by Gasteiger charge is 2.36. The van der Waals surface area contributed by atoms with Gasteiger partial charge in [-0.1, -0.05) is 11.3 Å². The van der Waals surface area contributed by atoms with Gasteiger partial charge in [0, 0.05) is 17.1 Å². The third-order valence-electron chi connectivity index (χ3n) is 3.87. The second kappa shape index (κ2) is 6.63. The van der Waals surface area contributed by atoms with Crippen molar-refractivity contribution in [3.63, 3.8) is 0 Å². The summed E-state index contributed by atoms with van der Waals surface area (Å²) in [4.78, 5) is 12.6. The van der Waals surface area contributed by atoms with Crippen molar-refractivity contribution in [3.8, 4) is 0 Å². The SMILES string of the molecule is N=C(N=NN)c1ccc2c(ccn2C(=O)c2cccc(C(F)(F)F)c2F)c1. The summed E-state index contributed by atoms with van der Waals surface area (Å²) in [5.41, 5.74) is -1.51. The summed E-state index contributed by atoms with van der Waals surface area (Å²) >= 11 is 0. The number of hydrogen-bond donors (Lipinski definition) is 2. The second-order valence-electron chi connectivity index (χ2n) is 5.49. The lowest BCUT2D eigenvalue weighted by Crippen LogP contribution is -2.16. The van der Waals surface area contributed by atoms with Crippen molar-refractivity contribution < 1.29 is 22.4 Å². The van der Waals surface area contributed by atoms with Crippen molar-refractivity contribution in [1.29, 1.82) is 5.41 Å². The van der Waals surface area contributed by atoms with Gasteiger partial charge >= 0.3 is 6.18 Å². The first-order valence-electron chi connectivity index (χ1n) is 7.45. The van der Waals surface area contributed by atoms with E-state index in [-0.39, 0.29) is 5.84 Å². The minimum Gasteiger partial charge on any atom is -0.305 e. The quantitative estimate of drug-likeness (QED) is 0.175. The van der Waals surface area contributed by atoms with E-state index in [0.29, 0.717) is 22.5 Å². The van der Waals surface area contributed by atoms with Crippen LogP contribution in [0.25, 0.3) is 10.9 Å². The maximum atomic E-state index is 14.2. The van der Waals surface area contributed by atoms with E-state index in [1.165, 1.54) is 30.5 Å². The third kappa shape index (κ3) is 3.28. The normalized spacial score (nSPS) is 12.0. The Bertz CT molecular complexity index is 1080. The monoisotopic (exact) mass is 377 g/mol. The van der Waals surface area contributed by atoms with E-state index in [2.05, 4.69) is 10.3 Å². The molecule has 27 heavy (non-hydrogen) atoms. The van der Waals surface area contributed by atoms with Gasteiger partial charge in [-0.05, 0) is 36.4 Å². The van der Waals surface area contributed by atoms with Gasteiger partial charge in [-0.3, -0.25) is 14.8 Å². The summed E-state index contributed by atoms with van der Waals surface area (Å²) in [6.07, 6.45) is -3.60. The van der Waals surface area contributed by atoms with Gasteiger partial charge in [0.25, 0.3) is 5.91 Å². The molecule has 3 rings (SSSR count). The molecule has 0 atom stereocenters. The minimum absolute atomic E-state index is 0.206. The van der Waals surface area contributed by atoms with Crippen LogP contribution in [0.5, 0.6) is 0 Å². The van der Waals surface area contributed by atoms with Crippen molar-refractivity contribution in [2.45, 2.75) is 6.18 Å². The average molecular weight is 377 g/mol. The van der Waals surface area contributed by atoms with Gasteiger partial charge in [0.1, 0.15) is 5.82 Å². The largest absolute Gasteiger partial charge is 0.419 e. The van der Waals surface area contributed by atoms with Crippen LogP contribution < -0.4 is 5.84 Å². The fourth-order valence-electron chi connectivity index (χ4n) is 2.63. The molecule has 1 aromatic heterocycles. The fraction of sp³-hybridized carbons (Fsp3) is 0.0588. The third-order valence-corrected chi connectivity index (χ3v) is 3.87. The summed E-state index contributed by atoms with van der Waals surface area (Å²) in [5.74, 6) is 2.12. The van der Waals surface area contributed by atoms with Crippen molar-refractivity contribution in [2.24, 2.45) is 16.2 Å². The van der Waals surface area contributed by atoms with Crippen LogP contribution in [-0.2, 0) is 6.18 Å². The molecule has 0 aliphatic heterocycles. The molecular formula is C17H11F4N5O. The first-order chi connectivity index (χ1) is 12.7. The summed E-state index contributed by atoms with van der Waals surface area (Å²) in [6, 6.07) is 8.50. The van der Waals surface area contributed by atoms with E-state index >= 15 is 0 Å². The molecule has 0 fully saturated rings. The molecule has 0 radical (unpaired) electrons. The molecule has 0 aliphatic rings. The molecule has 1 heterocycles. The van der Waals surface area contributed by atoms with Crippen LogP contribution in [0, 0.1) is 11.2 Å². The number of amidine groups is 1. The van der Waals surface area contributed by atoms with Gasteiger partial charge in [-0.2, -0.15) is 13.2 Å². The summed E-state index contributed by atoms with van der Waals surface area (Å²) < 4.78 is 53.9. The Balaban J connectivity index is 2.06. The Morgan fingerprint density at radius 1 is 1.15 bits per heavy atom. The maximum absolute atomic E-state index is 14.2. The van der Waals surface area contributed by atoms with Crippen molar-refractivity contribution in [1.82, 2.24) is 4.57 Å². The molecule has 0 unspecified atom stereocenters. The molecule has 2 aromatic carbocycles. The van der Waals surface area contributed by atoms with Crippen molar-refractivity contribution in [3.05, 3.63) is 71.2 Å². The summed E-state index contributed by atoms with van der Waals surface area (Å²) in [6.45, 7) is 0. The van der Waals surface area contributed by atoms with Gasteiger partial charge < -0.3 is 5.84 Å². The average Bonchev–Trinajstić information content (AvgIpc) is 3.03. The topological polar surface area (TPSA) is 96.6 Å². The predicted molar refractivity (Wildman–Crippen MR) is 88.9 cm³/mol. The molecule has 0 aliphatic carbocycles. The molecule has 0 spiro atoms. The Morgan fingerprint density at radius 3 is 2.56 bits per heavy atom. The molecule has 0 saturated carbocycles. The van der Waals surface area contributed by atoms with E-state index < -0.39 is 29.0 Å². The second-order valence-corrected chi connectivity index (χ2v) is 5.49. The number of nitrogens with zero attached hydrogens (tertiary/aromatic N) is 3. The van der Waals surface area contributed by atoms with Gasteiger partial charge in [-0.25, -0.2) is 4.39 Å². The molecule has 3 N–H and O–H groups in total. The number of carbonyl (C=O) groups is 1. The van der Waals surface area contributed by atoms with Gasteiger partial charge in [0.05, 0.1) is 16.6 Å². The highest BCUT2D eigenvalue weighted by molar-refractivity contribution is 6.05.